The molecular weight excluding hydrogens is 1570 g/mol. The number of nitrogen functional groups attached to an aromatic ring is 3. The van der Waals surface area contributed by atoms with Crippen LogP contribution in [0.5, 0.6) is 0 Å². The highest BCUT2D eigenvalue weighted by molar-refractivity contribution is 6.62. The highest BCUT2D eigenvalue weighted by Gasteiger charge is 2.52. The molecule has 0 bridgehead atoms. The molecule has 2 saturated heterocycles. The monoisotopic (exact) mass is 1680 g/mol. The number of amides is 3. The van der Waals surface area contributed by atoms with Crippen molar-refractivity contribution in [1.29, 1.82) is 0 Å². The quantitative estimate of drug-likeness (QED) is 0.0443. The number of esters is 6. The van der Waals surface area contributed by atoms with Gasteiger partial charge >= 0.3 is 61.2 Å². The number of nitrogens with two attached hydrogens (primary N) is 3. The number of nitrogens with zero attached hydrogens (tertiary/aromatic N) is 6. The van der Waals surface area contributed by atoms with Crippen molar-refractivity contribution in [2.75, 3.05) is 58.2 Å². The van der Waals surface area contributed by atoms with E-state index in [1.165, 1.54) is 78.6 Å². The molecule has 6 aromatic rings. The number of carbonyl (C=O) groups excluding carboxylic acids is 9. The first kappa shape index (κ1) is 96.5. The van der Waals surface area contributed by atoms with E-state index in [1.54, 1.807) is 186 Å². The summed E-state index contributed by atoms with van der Waals surface area (Å²) in [5, 5.41) is 0. The highest BCUT2D eigenvalue weighted by Crippen LogP contribution is 2.41. The molecular formula is C88H113BF3N9O20. The van der Waals surface area contributed by atoms with Gasteiger partial charge in [0.2, 0.25) is 0 Å². The molecule has 3 aromatic carbocycles. The maximum absolute atomic E-state index is 14.9. The van der Waals surface area contributed by atoms with Crippen molar-refractivity contribution in [2.24, 2.45) is 0 Å². The van der Waals surface area contributed by atoms with Crippen LogP contribution in [0.3, 0.4) is 0 Å². The number of carbonyl (C=O) groups is 9. The molecule has 654 valence electrons. The van der Waals surface area contributed by atoms with Gasteiger partial charge in [0.1, 0.15) is 74.6 Å². The Hall–Kier alpha value is -11.6. The Morgan fingerprint density at radius 3 is 1.17 bits per heavy atom. The van der Waals surface area contributed by atoms with Gasteiger partial charge in [-0.1, -0.05) is 29.8 Å². The second-order valence-electron chi connectivity index (χ2n) is 36.2. The predicted molar refractivity (Wildman–Crippen MR) is 449 cm³/mol. The largest absolute Gasteiger partial charge is 0.496 e. The van der Waals surface area contributed by atoms with E-state index >= 15 is 0 Å². The van der Waals surface area contributed by atoms with Crippen LogP contribution in [0.4, 0.5) is 45.0 Å². The second kappa shape index (κ2) is 37.6. The average Bonchev–Trinajstić information content (AvgIpc) is 1.63. The van der Waals surface area contributed by atoms with Gasteiger partial charge in [-0.3, -0.25) is 14.7 Å². The lowest BCUT2D eigenvalue weighted by Gasteiger charge is -2.32. The zero-order valence-electron chi connectivity index (χ0n) is 73.7. The van der Waals surface area contributed by atoms with Gasteiger partial charge in [-0.15, -0.1) is 0 Å². The van der Waals surface area contributed by atoms with Crippen LogP contribution >= 0.6 is 0 Å². The molecule has 0 radical (unpaired) electrons. The molecule has 6 N–H and O–H groups in total. The van der Waals surface area contributed by atoms with Gasteiger partial charge in [-0.2, -0.15) is 0 Å². The topological polar surface area (TPSA) is 382 Å². The maximum atomic E-state index is 14.9. The smallest absolute Gasteiger partial charge is 0.467 e. The van der Waals surface area contributed by atoms with Crippen molar-refractivity contribution in [3.05, 3.63) is 154 Å². The second-order valence-corrected chi connectivity index (χ2v) is 36.2. The molecule has 33 heteroatoms. The first-order valence-electron chi connectivity index (χ1n) is 39.0. The Labute approximate surface area is 704 Å². The number of anilines is 3. The summed E-state index contributed by atoms with van der Waals surface area (Å²) in [6.07, 6.45) is 6.49. The summed E-state index contributed by atoms with van der Waals surface area (Å²) < 4.78 is 103. The predicted octanol–water partition coefficient (Wildman–Crippen LogP) is 14.7. The van der Waals surface area contributed by atoms with Crippen molar-refractivity contribution in [1.82, 2.24) is 29.7 Å². The SMILES string of the molecule is CC(C)(C)OC(=O)c1ccc(-c2cc(B3OC(C)(C)C(C)(C)O3)cnc2N)cc1F.COC(=O)[C@@H]1C=C(C)CN1C(=O)OC(C)(C)C.COC(=O)[C@@H]1C=C(c2cnc(N)c(-c3ccc(C(=O)OC(C)(C)C)c(F)c3)c2)CN1C(=O)OC(C)(C)C.COC(=O)[C@@H]1C[C@H](c2cnc(N)c(-c3ccc(C(=O)OC(C)(C)C)c(F)c3)c2)CN1C(=O)OC(C)(C)C. The normalized spacial score (nSPS) is 17.5. The summed E-state index contributed by atoms with van der Waals surface area (Å²) in [4.78, 5) is 127. The lowest BCUT2D eigenvalue weighted by atomic mass is 9.79. The number of hydrogen-bond acceptors (Lipinski definition) is 26. The van der Waals surface area contributed by atoms with Crippen molar-refractivity contribution in [2.45, 2.75) is 235 Å². The minimum absolute atomic E-state index is 0.0612. The fraction of sp³-hybridized carbons (Fsp3) is 0.477. The molecule has 0 spiro atoms. The van der Waals surface area contributed by atoms with E-state index in [4.69, 9.17) is 64.4 Å². The maximum Gasteiger partial charge on any atom is 0.496 e. The highest BCUT2D eigenvalue weighted by atomic mass is 19.1. The summed E-state index contributed by atoms with van der Waals surface area (Å²) in [6, 6.07) is 15.2. The van der Waals surface area contributed by atoms with Gasteiger partial charge in [0, 0.05) is 59.8 Å². The fourth-order valence-electron chi connectivity index (χ4n) is 12.4. The number of hydrogen-bond donors (Lipinski definition) is 3. The van der Waals surface area contributed by atoms with E-state index in [9.17, 15) is 56.3 Å². The van der Waals surface area contributed by atoms with Gasteiger partial charge in [0.25, 0.3) is 0 Å². The summed E-state index contributed by atoms with van der Waals surface area (Å²) in [5.74, 6) is -5.81. The molecule has 3 amide bonds. The number of methoxy groups -OCH3 is 3. The van der Waals surface area contributed by atoms with Crippen LogP contribution in [0.15, 0.2) is 109 Å². The van der Waals surface area contributed by atoms with Crippen molar-refractivity contribution >= 4 is 89.7 Å². The molecule has 0 unspecified atom stereocenters. The van der Waals surface area contributed by atoms with Crippen molar-refractivity contribution in [3.8, 4) is 33.4 Å². The number of halogens is 3. The fourth-order valence-corrected chi connectivity index (χ4v) is 12.4. The molecule has 2 fully saturated rings. The van der Waals surface area contributed by atoms with E-state index < -0.39 is 142 Å². The van der Waals surface area contributed by atoms with Crippen LogP contribution in [0.1, 0.15) is 214 Å². The van der Waals surface area contributed by atoms with Crippen LogP contribution in [-0.2, 0) is 66.3 Å². The van der Waals surface area contributed by atoms with Gasteiger partial charge in [0.05, 0.1) is 55.8 Å². The summed E-state index contributed by atoms with van der Waals surface area (Å²) in [5.41, 5.74) is 18.6. The lowest BCUT2D eigenvalue weighted by Crippen LogP contribution is -2.44. The number of pyridine rings is 3. The number of ether oxygens (including phenoxy) is 9. The molecule has 4 atom stereocenters. The first-order chi connectivity index (χ1) is 55.6. The van der Waals surface area contributed by atoms with E-state index in [2.05, 4.69) is 19.7 Å². The van der Waals surface area contributed by atoms with Crippen molar-refractivity contribution < 1.29 is 108 Å². The van der Waals surface area contributed by atoms with E-state index in [0.29, 0.717) is 68.5 Å². The molecule has 0 saturated carbocycles. The number of likely N-dealkylation sites (tertiary alicyclic amines) is 1. The number of benzene rings is 3. The Bertz CT molecular complexity index is 4930. The number of rotatable bonds is 12. The molecule has 0 aliphatic carbocycles. The first-order valence-corrected chi connectivity index (χ1v) is 39.0. The van der Waals surface area contributed by atoms with E-state index in [1.807, 2.05) is 34.6 Å². The third kappa shape index (κ3) is 26.0. The number of aromatic nitrogens is 3. The molecule has 4 aliphatic rings. The zero-order valence-corrected chi connectivity index (χ0v) is 73.7. The molecule has 10 rings (SSSR count). The van der Waals surface area contributed by atoms with E-state index in [-0.39, 0.29) is 53.2 Å². The average molecular weight is 1680 g/mol. The third-order valence-corrected chi connectivity index (χ3v) is 18.6. The summed E-state index contributed by atoms with van der Waals surface area (Å²) >= 11 is 0. The molecule has 3 aromatic heterocycles. The van der Waals surface area contributed by atoms with Crippen LogP contribution in [0.2, 0.25) is 0 Å². The minimum Gasteiger partial charge on any atom is -0.467 e. The minimum atomic E-state index is -0.985. The van der Waals surface area contributed by atoms with Gasteiger partial charge < -0.3 is 69.1 Å². The van der Waals surface area contributed by atoms with Crippen LogP contribution in [0, 0.1) is 17.5 Å². The van der Waals surface area contributed by atoms with Crippen LogP contribution in [0.25, 0.3) is 39.0 Å². The lowest BCUT2D eigenvalue weighted by molar-refractivity contribution is -0.146. The van der Waals surface area contributed by atoms with Crippen molar-refractivity contribution in [3.63, 3.8) is 0 Å². The Kier molecular flexibility index (Phi) is 30.0. The van der Waals surface area contributed by atoms with Gasteiger partial charge in [0.15, 0.2) is 12.1 Å². The third-order valence-electron chi connectivity index (χ3n) is 18.6. The van der Waals surface area contributed by atoms with Crippen LogP contribution in [-0.4, -0.2) is 195 Å². The Balaban J connectivity index is 0.000000229. The Morgan fingerprint density at radius 2 is 0.785 bits per heavy atom. The molecule has 4 aliphatic heterocycles. The summed E-state index contributed by atoms with van der Waals surface area (Å²) in [6.45, 7) is 41.5. The van der Waals surface area contributed by atoms with Gasteiger partial charge in [-0.05, 0) is 260 Å². The molecule has 29 nitrogen and oxygen atoms in total. The summed E-state index contributed by atoms with van der Waals surface area (Å²) in [7, 11) is 3.19. The standard InChI is InChI=1S/C27H34FN3O6.C27H32FN3O6.C22H28BFN2O4.C12H19NO4/c2*1-26(2,3)36-23(32)18-9-8-15(11-20(18)28)19-10-16(13-30-22(19)29)17-12-21(24(33)35-7)31(14-17)25(34)37-27(4,5)6;1-20(2,3)28-19(27)15-9-8-13(10-17(15)24)16-11-14(12-26-18(16)25)23-29-21(4,5)22(6,7)30-23;1-8-6-9(10(14)16-5)13(7-8)11(15)17-12(2,3)4/h8-11,13,17,21H,12,14H2,1-7H3,(H2,29,30);8-13,21H,14H2,1-7H3,(H2,29,30);8-12H,1-7H3,(H2,25,26);6,9H,7H2,1-5H3/t17-,21-;21-;;9-/m00.0/s1. The zero-order chi connectivity index (χ0) is 91.1. The van der Waals surface area contributed by atoms with Crippen LogP contribution < -0.4 is 22.7 Å². The van der Waals surface area contributed by atoms with Gasteiger partial charge in [-0.25, -0.2) is 71.3 Å². The molecule has 7 heterocycles. The molecule has 121 heavy (non-hydrogen) atoms. The van der Waals surface area contributed by atoms with E-state index in [0.717, 1.165) is 5.57 Å². The Morgan fingerprint density at radius 1 is 0.438 bits per heavy atom.